The third-order valence-corrected chi connectivity index (χ3v) is 4.07. The van der Waals surface area contributed by atoms with Gasteiger partial charge in [-0.15, -0.1) is 0 Å². The van der Waals surface area contributed by atoms with Crippen molar-refractivity contribution in [3.63, 3.8) is 0 Å². The number of ether oxygens (including phenoxy) is 2. The molecule has 0 fully saturated rings. The Hall–Kier alpha value is -2.53. The van der Waals surface area contributed by atoms with Gasteiger partial charge in [-0.25, -0.2) is 4.79 Å². The van der Waals surface area contributed by atoms with Crippen LogP contribution in [0.25, 0.3) is 0 Å². The molecule has 0 heterocycles. The van der Waals surface area contributed by atoms with Crippen molar-refractivity contribution < 1.29 is 19.5 Å². The van der Waals surface area contributed by atoms with Gasteiger partial charge >= 0.3 is 6.09 Å². The fourth-order valence-electron chi connectivity index (χ4n) is 2.56. The van der Waals surface area contributed by atoms with E-state index in [-0.39, 0.29) is 12.5 Å². The molecule has 5 heteroatoms. The van der Waals surface area contributed by atoms with Crippen LogP contribution < -0.4 is 9.80 Å². The molecule has 1 amide bonds. The summed E-state index contributed by atoms with van der Waals surface area (Å²) < 4.78 is 10.5. The quantitative estimate of drug-likeness (QED) is 0.615. The summed E-state index contributed by atoms with van der Waals surface area (Å²) in [6, 6.07) is 11.6. The van der Waals surface area contributed by atoms with Gasteiger partial charge in [0.1, 0.15) is 12.4 Å². The van der Waals surface area contributed by atoms with E-state index in [0.29, 0.717) is 16.3 Å². The Kier molecular flexibility index (Phi) is 6.04. The van der Waals surface area contributed by atoms with E-state index in [9.17, 15) is 10.0 Å². The van der Waals surface area contributed by atoms with E-state index < -0.39 is 6.09 Å². The van der Waals surface area contributed by atoms with Gasteiger partial charge in [-0.05, 0) is 43.0 Å². The van der Waals surface area contributed by atoms with E-state index in [1.165, 1.54) is 12.7 Å². The highest BCUT2D eigenvalue weighted by Gasteiger charge is 2.19. The van der Waals surface area contributed by atoms with Crippen LogP contribution in [-0.2, 0) is 11.3 Å². The van der Waals surface area contributed by atoms with Crippen LogP contribution in [0.3, 0.4) is 0 Å². The lowest BCUT2D eigenvalue weighted by molar-refractivity contribution is 0.140. The van der Waals surface area contributed by atoms with Gasteiger partial charge in [0.05, 0.1) is 12.8 Å². The Balaban J connectivity index is 2.30. The fourth-order valence-corrected chi connectivity index (χ4v) is 2.56. The smallest absolute Gasteiger partial charge is 0.438 e. The van der Waals surface area contributed by atoms with Gasteiger partial charge in [0.25, 0.3) is 0 Å². The molecular formula is C20H25NO4. The van der Waals surface area contributed by atoms with E-state index in [2.05, 4.69) is 4.74 Å². The summed E-state index contributed by atoms with van der Waals surface area (Å²) >= 11 is 0. The molecule has 134 valence electrons. The van der Waals surface area contributed by atoms with Crippen LogP contribution in [0.2, 0.25) is 0 Å². The average molecular weight is 343 g/mol. The first-order valence-corrected chi connectivity index (χ1v) is 8.23. The van der Waals surface area contributed by atoms with Gasteiger partial charge in [0.15, 0.2) is 0 Å². The first-order chi connectivity index (χ1) is 11.8. The largest absolute Gasteiger partial charge is 0.489 e. The molecule has 1 N–H and O–H groups in total. The number of carbonyl (C=O) groups is 1. The molecular weight excluding hydrogens is 318 g/mol. The van der Waals surface area contributed by atoms with Gasteiger partial charge in [0.2, 0.25) is 0 Å². The number of amides is 1. The lowest BCUT2D eigenvalue weighted by Crippen LogP contribution is -2.28. The normalized spacial score (nSPS) is 10.7. The molecule has 25 heavy (non-hydrogen) atoms. The minimum Gasteiger partial charge on any atom is -0.489 e. The minimum atomic E-state index is -0.839. The van der Waals surface area contributed by atoms with Gasteiger partial charge in [-0.1, -0.05) is 43.7 Å². The van der Waals surface area contributed by atoms with Gasteiger partial charge < -0.3 is 9.47 Å². The second-order valence-electron chi connectivity index (χ2n) is 6.38. The molecule has 2 aromatic carbocycles. The molecule has 0 atom stereocenters. The molecule has 2 rings (SSSR count). The van der Waals surface area contributed by atoms with Crippen LogP contribution in [0.1, 0.15) is 42.0 Å². The number of anilines is 1. The highest BCUT2D eigenvalue weighted by atomic mass is 16.6. The van der Waals surface area contributed by atoms with Crippen LogP contribution in [0.5, 0.6) is 5.75 Å². The summed E-state index contributed by atoms with van der Waals surface area (Å²) in [5.74, 6) is 1.03. The Morgan fingerprint density at radius 2 is 1.88 bits per heavy atom. The Bertz CT molecular complexity index is 755. The topological polar surface area (TPSA) is 59.0 Å². The molecule has 0 spiro atoms. The highest BCUT2D eigenvalue weighted by molar-refractivity contribution is 5.86. The molecule has 0 aliphatic heterocycles. The predicted molar refractivity (Wildman–Crippen MR) is 97.4 cm³/mol. The van der Waals surface area contributed by atoms with E-state index >= 15 is 0 Å². The van der Waals surface area contributed by atoms with Gasteiger partial charge in [0, 0.05) is 5.56 Å². The Morgan fingerprint density at radius 1 is 1.16 bits per heavy atom. The van der Waals surface area contributed by atoms with Crippen molar-refractivity contribution in [3.05, 3.63) is 58.7 Å². The zero-order valence-electron chi connectivity index (χ0n) is 15.4. The number of hydrogen-bond donors (Lipinski definition) is 1. The minimum absolute atomic E-state index is 0.228. The van der Waals surface area contributed by atoms with Crippen LogP contribution >= 0.6 is 0 Å². The van der Waals surface area contributed by atoms with Crippen molar-refractivity contribution in [2.45, 2.75) is 40.2 Å². The van der Waals surface area contributed by atoms with Crippen molar-refractivity contribution in [3.8, 4) is 5.75 Å². The maximum Gasteiger partial charge on any atom is 0.438 e. The maximum atomic E-state index is 11.7. The summed E-state index contributed by atoms with van der Waals surface area (Å²) in [5, 5.41) is 10.7. The van der Waals surface area contributed by atoms with Gasteiger partial charge in [-0.2, -0.15) is 5.06 Å². The van der Waals surface area contributed by atoms with Crippen LogP contribution in [-0.4, -0.2) is 18.4 Å². The van der Waals surface area contributed by atoms with Gasteiger partial charge in [-0.3, -0.25) is 5.21 Å². The molecule has 5 nitrogen and oxygen atoms in total. The van der Waals surface area contributed by atoms with Crippen molar-refractivity contribution >= 4 is 11.8 Å². The van der Waals surface area contributed by atoms with E-state index in [0.717, 1.165) is 16.9 Å². The molecule has 0 radical (unpaired) electrons. The van der Waals surface area contributed by atoms with Crippen molar-refractivity contribution in [2.75, 3.05) is 12.2 Å². The Labute approximate surface area is 148 Å². The molecule has 0 saturated carbocycles. The first-order valence-electron chi connectivity index (χ1n) is 8.23. The molecule has 0 unspecified atom stereocenters. The van der Waals surface area contributed by atoms with Crippen molar-refractivity contribution in [2.24, 2.45) is 0 Å². The molecule has 0 aliphatic rings. The number of benzene rings is 2. The molecule has 0 aliphatic carbocycles. The molecule has 2 aromatic rings. The summed E-state index contributed by atoms with van der Waals surface area (Å²) in [6.07, 6.45) is -0.839. The monoisotopic (exact) mass is 343 g/mol. The zero-order valence-corrected chi connectivity index (χ0v) is 15.4. The summed E-state index contributed by atoms with van der Waals surface area (Å²) in [5.41, 5.74) is 4.27. The third-order valence-electron chi connectivity index (χ3n) is 4.07. The summed E-state index contributed by atoms with van der Waals surface area (Å²) in [4.78, 5) is 11.7. The predicted octanol–water partition coefficient (Wildman–Crippen LogP) is 4.97. The maximum absolute atomic E-state index is 11.7. The number of hydroxylamine groups is 1. The molecule has 0 aromatic heterocycles. The zero-order chi connectivity index (χ0) is 18.6. The number of methoxy groups -OCH3 is 1. The van der Waals surface area contributed by atoms with E-state index in [4.69, 9.17) is 4.74 Å². The second kappa shape index (κ2) is 8.03. The van der Waals surface area contributed by atoms with Crippen LogP contribution in [0.15, 0.2) is 36.4 Å². The van der Waals surface area contributed by atoms with E-state index in [1.807, 2.05) is 58.0 Å². The molecule has 0 saturated heterocycles. The fraction of sp³-hybridized carbons (Fsp3) is 0.350. The number of hydrogen-bond acceptors (Lipinski definition) is 4. The number of rotatable bonds is 5. The third kappa shape index (κ3) is 4.51. The SMILES string of the molecule is COC(=O)N(O)c1cc(C(C)C)ccc1COc1ccc(C)cc1C. The number of aryl methyl sites for hydroxylation is 2. The number of nitrogens with zero attached hydrogens (tertiary/aromatic N) is 1. The van der Waals surface area contributed by atoms with E-state index in [1.54, 1.807) is 6.07 Å². The summed E-state index contributed by atoms with van der Waals surface area (Å²) in [6.45, 7) is 8.33. The lowest BCUT2D eigenvalue weighted by Gasteiger charge is -2.20. The van der Waals surface area contributed by atoms with Crippen LogP contribution in [0, 0.1) is 13.8 Å². The standard InChI is InChI=1S/C20H25NO4/c1-13(2)16-7-8-17(18(11-16)21(23)20(22)24-5)12-25-19-9-6-14(3)10-15(19)4/h6-11,13,23H,12H2,1-5H3. The average Bonchev–Trinajstić information content (AvgIpc) is 2.59. The summed E-state index contributed by atoms with van der Waals surface area (Å²) in [7, 11) is 1.23. The lowest BCUT2D eigenvalue weighted by atomic mass is 10.0. The molecule has 0 bridgehead atoms. The van der Waals surface area contributed by atoms with Crippen LogP contribution in [0.4, 0.5) is 10.5 Å². The van der Waals surface area contributed by atoms with Crippen molar-refractivity contribution in [1.82, 2.24) is 0 Å². The second-order valence-corrected chi connectivity index (χ2v) is 6.38. The highest BCUT2D eigenvalue weighted by Crippen LogP contribution is 2.28. The van der Waals surface area contributed by atoms with Crippen molar-refractivity contribution in [1.29, 1.82) is 0 Å². The first kappa shape index (κ1) is 18.8. The number of carbonyl (C=O) groups excluding carboxylic acids is 1. The Morgan fingerprint density at radius 3 is 2.48 bits per heavy atom.